The standard InChI is InChI=1S/C29H26F5N7O2S/c1-13-11-42-27-20-23(21(34)22(37-27)15-3-4-17(31)24-19(15)16(8-35)25(36)44-24)38-28(39-26(20)41(13)10-18(32)33)43-12-29-5-2-6-40(29)9-14(30)7-29/h3-4,13-14,18H,2,5-7,9-12,36H2,1H3/t13-,14+,29-/m0/s1. The molecule has 2 N–H and O–H groups in total. The first kappa shape index (κ1) is 28.7. The van der Waals surface area contributed by atoms with Gasteiger partial charge >= 0.3 is 6.01 Å². The Hall–Kier alpha value is -4.03. The second-order valence-corrected chi connectivity index (χ2v) is 12.5. The van der Waals surface area contributed by atoms with Gasteiger partial charge in [0.05, 0.1) is 28.4 Å². The predicted molar refractivity (Wildman–Crippen MR) is 154 cm³/mol. The highest BCUT2D eigenvalue weighted by Crippen LogP contribution is 2.45. The summed E-state index contributed by atoms with van der Waals surface area (Å²) in [4.78, 5) is 16.6. The molecule has 3 aromatic heterocycles. The molecule has 15 heteroatoms. The third-order valence-electron chi connectivity index (χ3n) is 8.73. The zero-order chi connectivity index (χ0) is 30.9. The summed E-state index contributed by atoms with van der Waals surface area (Å²) >= 11 is 0.854. The van der Waals surface area contributed by atoms with Gasteiger partial charge in [-0.3, -0.25) is 4.90 Å². The monoisotopic (exact) mass is 631 g/mol. The van der Waals surface area contributed by atoms with Gasteiger partial charge in [0.25, 0.3) is 6.43 Å². The average Bonchev–Trinajstić information content (AvgIpc) is 3.61. The number of hydrogen-bond acceptors (Lipinski definition) is 10. The minimum Gasteiger partial charge on any atom is -0.475 e. The number of anilines is 2. The van der Waals surface area contributed by atoms with Gasteiger partial charge in [0.2, 0.25) is 5.88 Å². The molecule has 0 bridgehead atoms. The number of nitrogen functional groups attached to an aromatic ring is 1. The van der Waals surface area contributed by atoms with Crippen molar-refractivity contribution in [2.45, 2.75) is 50.4 Å². The topological polar surface area (TPSA) is 113 Å². The molecule has 0 saturated carbocycles. The van der Waals surface area contributed by atoms with Crippen molar-refractivity contribution in [2.75, 3.05) is 43.5 Å². The number of halogens is 5. The lowest BCUT2D eigenvalue weighted by atomic mass is 9.95. The molecule has 9 nitrogen and oxygen atoms in total. The van der Waals surface area contributed by atoms with Crippen molar-refractivity contribution >= 4 is 43.1 Å². The number of rotatable bonds is 6. The van der Waals surface area contributed by atoms with E-state index in [9.17, 15) is 22.8 Å². The van der Waals surface area contributed by atoms with Gasteiger partial charge in [0, 0.05) is 23.9 Å². The lowest BCUT2D eigenvalue weighted by Gasteiger charge is -2.31. The minimum absolute atomic E-state index is 0.0279. The van der Waals surface area contributed by atoms with Crippen LogP contribution in [0.5, 0.6) is 11.9 Å². The first-order valence-electron chi connectivity index (χ1n) is 14.1. The molecule has 0 amide bonds. The summed E-state index contributed by atoms with van der Waals surface area (Å²) in [6.45, 7) is 1.90. The molecular formula is C29H26F5N7O2S. The van der Waals surface area contributed by atoms with Gasteiger partial charge in [-0.2, -0.15) is 15.2 Å². The van der Waals surface area contributed by atoms with E-state index < -0.39 is 42.4 Å². The van der Waals surface area contributed by atoms with Gasteiger partial charge in [-0.05, 0) is 38.4 Å². The fourth-order valence-electron chi connectivity index (χ4n) is 6.72. The maximum atomic E-state index is 16.7. The van der Waals surface area contributed by atoms with Crippen LogP contribution in [0.1, 0.15) is 31.7 Å². The van der Waals surface area contributed by atoms with Gasteiger partial charge in [-0.1, -0.05) is 0 Å². The highest BCUT2D eigenvalue weighted by Gasteiger charge is 2.49. The molecule has 44 heavy (non-hydrogen) atoms. The third-order valence-corrected chi connectivity index (χ3v) is 9.76. The molecule has 3 aliphatic rings. The van der Waals surface area contributed by atoms with Gasteiger partial charge in [-0.15, -0.1) is 11.3 Å². The van der Waals surface area contributed by atoms with Crippen molar-refractivity contribution in [3.63, 3.8) is 0 Å². The van der Waals surface area contributed by atoms with Crippen LogP contribution < -0.4 is 20.1 Å². The summed E-state index contributed by atoms with van der Waals surface area (Å²) in [5.41, 5.74) is 4.87. The Bertz CT molecular complexity index is 1850. The zero-order valence-electron chi connectivity index (χ0n) is 23.4. The van der Waals surface area contributed by atoms with Crippen LogP contribution in [-0.4, -0.2) is 76.9 Å². The zero-order valence-corrected chi connectivity index (χ0v) is 24.2. The molecule has 2 fully saturated rings. The summed E-state index contributed by atoms with van der Waals surface area (Å²) in [5, 5.41) is 9.89. The molecule has 0 aliphatic carbocycles. The van der Waals surface area contributed by atoms with Crippen molar-refractivity contribution < 1.29 is 31.4 Å². The molecular weight excluding hydrogens is 605 g/mol. The first-order chi connectivity index (χ1) is 21.1. The van der Waals surface area contributed by atoms with Crippen molar-refractivity contribution in [1.29, 1.82) is 5.26 Å². The number of nitrogens with zero attached hydrogens (tertiary/aromatic N) is 6. The Morgan fingerprint density at radius 1 is 1.25 bits per heavy atom. The minimum atomic E-state index is -2.75. The van der Waals surface area contributed by atoms with E-state index in [0.717, 1.165) is 30.4 Å². The maximum absolute atomic E-state index is 16.7. The maximum Gasteiger partial charge on any atom is 0.319 e. The average molecular weight is 632 g/mol. The highest BCUT2D eigenvalue weighted by molar-refractivity contribution is 7.23. The molecule has 0 radical (unpaired) electrons. The van der Waals surface area contributed by atoms with E-state index in [1.807, 2.05) is 11.0 Å². The van der Waals surface area contributed by atoms with E-state index >= 15 is 4.39 Å². The summed E-state index contributed by atoms with van der Waals surface area (Å²) in [6, 6.07) is 3.48. The van der Waals surface area contributed by atoms with E-state index in [1.165, 1.54) is 11.0 Å². The lowest BCUT2D eigenvalue weighted by molar-refractivity contribution is 0.107. The first-order valence-corrected chi connectivity index (χ1v) is 14.9. The van der Waals surface area contributed by atoms with Crippen LogP contribution >= 0.6 is 11.3 Å². The summed E-state index contributed by atoms with van der Waals surface area (Å²) in [5.74, 6) is -1.77. The summed E-state index contributed by atoms with van der Waals surface area (Å²) in [7, 11) is 0. The number of ether oxygens (including phenoxy) is 2. The van der Waals surface area contributed by atoms with Gasteiger partial charge in [0.15, 0.2) is 5.82 Å². The number of benzene rings is 1. The van der Waals surface area contributed by atoms with Crippen LogP contribution in [0.2, 0.25) is 0 Å². The molecule has 230 valence electrons. The van der Waals surface area contributed by atoms with E-state index in [1.54, 1.807) is 6.92 Å². The normalized spacial score (nSPS) is 23.3. The largest absolute Gasteiger partial charge is 0.475 e. The van der Waals surface area contributed by atoms with Crippen LogP contribution in [0, 0.1) is 23.0 Å². The lowest BCUT2D eigenvalue weighted by Crippen LogP contribution is -2.43. The van der Waals surface area contributed by atoms with Crippen molar-refractivity contribution in [1.82, 2.24) is 19.9 Å². The fourth-order valence-corrected chi connectivity index (χ4v) is 7.67. The molecule has 7 rings (SSSR count). The molecule has 6 heterocycles. The van der Waals surface area contributed by atoms with Crippen LogP contribution in [0.15, 0.2) is 12.1 Å². The number of hydrogen-bond donors (Lipinski definition) is 1. The Morgan fingerprint density at radius 2 is 2.07 bits per heavy atom. The summed E-state index contributed by atoms with van der Waals surface area (Å²) < 4.78 is 85.4. The molecule has 3 atom stereocenters. The Morgan fingerprint density at radius 3 is 2.84 bits per heavy atom. The number of fused-ring (bicyclic) bond motifs is 2. The molecule has 3 aliphatic heterocycles. The quantitative estimate of drug-likeness (QED) is 0.278. The van der Waals surface area contributed by atoms with Crippen molar-refractivity contribution in [3.8, 4) is 29.2 Å². The molecule has 4 aromatic rings. The SMILES string of the molecule is C[C@H]1COc2nc(-c3ccc(F)c4sc(N)c(C#N)c34)c(F)c3nc(OC[C@@]45CCCN4C[C@H](F)C5)nc(c23)N1CC(F)F. The van der Waals surface area contributed by atoms with E-state index in [-0.39, 0.29) is 80.2 Å². The Labute approximate surface area is 252 Å². The van der Waals surface area contributed by atoms with Crippen LogP contribution in [0.25, 0.3) is 32.2 Å². The van der Waals surface area contributed by atoms with E-state index in [4.69, 9.17) is 15.2 Å². The van der Waals surface area contributed by atoms with Gasteiger partial charge in [-0.25, -0.2) is 26.9 Å². The van der Waals surface area contributed by atoms with Gasteiger partial charge < -0.3 is 20.1 Å². The van der Waals surface area contributed by atoms with Crippen molar-refractivity contribution in [3.05, 3.63) is 29.3 Å². The van der Waals surface area contributed by atoms with Crippen molar-refractivity contribution in [2.24, 2.45) is 0 Å². The molecule has 2 saturated heterocycles. The third kappa shape index (κ3) is 4.45. The molecule has 0 unspecified atom stereocenters. The predicted octanol–water partition coefficient (Wildman–Crippen LogP) is 5.45. The molecule has 1 aromatic carbocycles. The Kier molecular flexibility index (Phi) is 6.89. The van der Waals surface area contributed by atoms with Gasteiger partial charge in [0.1, 0.15) is 58.7 Å². The van der Waals surface area contributed by atoms with E-state index in [2.05, 4.69) is 15.0 Å². The number of nitrogens with two attached hydrogens (primary N) is 1. The molecule has 0 spiro atoms. The second-order valence-electron chi connectivity index (χ2n) is 11.5. The van der Waals surface area contributed by atoms with Crippen LogP contribution in [-0.2, 0) is 0 Å². The fraction of sp³-hybridized carbons (Fsp3) is 0.448. The Balaban J connectivity index is 1.43. The second kappa shape index (κ2) is 10.6. The summed E-state index contributed by atoms with van der Waals surface area (Å²) in [6.07, 6.45) is -1.92. The van der Waals surface area contributed by atoms with Crippen LogP contribution in [0.3, 0.4) is 0 Å². The number of alkyl halides is 3. The van der Waals surface area contributed by atoms with Crippen LogP contribution in [0.4, 0.5) is 32.8 Å². The highest BCUT2D eigenvalue weighted by atomic mass is 32.1. The number of nitriles is 1. The number of aromatic nitrogens is 3. The number of thiophene rings is 1. The number of pyridine rings is 1. The smallest absolute Gasteiger partial charge is 0.319 e. The van der Waals surface area contributed by atoms with E-state index in [0.29, 0.717) is 13.0 Å².